The summed E-state index contributed by atoms with van der Waals surface area (Å²) in [5.74, 6) is 0. The van der Waals surface area contributed by atoms with E-state index < -0.39 is 8.07 Å². The summed E-state index contributed by atoms with van der Waals surface area (Å²) in [6.07, 6.45) is 2.85. The smallest absolute Gasteiger partial charge is 0.104 e. The Morgan fingerprint density at radius 1 is 1.20 bits per heavy atom. The molecule has 0 aliphatic carbocycles. The lowest BCUT2D eigenvalue weighted by Gasteiger charge is -2.22. The highest BCUT2D eigenvalue weighted by molar-refractivity contribution is 6.77. The molecule has 2 nitrogen and oxygen atoms in total. The maximum Gasteiger partial charge on any atom is 0.104 e. The number of benzene rings is 1. The molecule has 3 heteroatoms. The fourth-order valence-electron chi connectivity index (χ4n) is 2.39. The van der Waals surface area contributed by atoms with Gasteiger partial charge in [-0.05, 0) is 25.3 Å². The maximum absolute atomic E-state index is 5.63. The number of rotatable bonds is 9. The number of ether oxygens (including phenoxy) is 2. The van der Waals surface area contributed by atoms with Crippen LogP contribution in [0.3, 0.4) is 0 Å². The third-order valence-electron chi connectivity index (χ3n) is 4.06. The van der Waals surface area contributed by atoms with E-state index >= 15 is 0 Å². The van der Waals surface area contributed by atoms with Gasteiger partial charge in [-0.3, -0.25) is 0 Å². The number of aryl methyl sites for hydroxylation is 2. The minimum Gasteiger partial charge on any atom is -0.379 e. The van der Waals surface area contributed by atoms with Crippen LogP contribution in [0.15, 0.2) is 24.3 Å². The van der Waals surface area contributed by atoms with Crippen molar-refractivity contribution in [1.29, 1.82) is 0 Å². The summed E-state index contributed by atoms with van der Waals surface area (Å²) < 4.78 is 10.8. The van der Waals surface area contributed by atoms with E-state index in [4.69, 9.17) is 9.47 Å². The quantitative estimate of drug-likeness (QED) is 0.389. The van der Waals surface area contributed by atoms with Crippen LogP contribution < -0.4 is 0 Å². The van der Waals surface area contributed by atoms with Crippen molar-refractivity contribution in [3.63, 3.8) is 0 Å². The van der Waals surface area contributed by atoms with Crippen LogP contribution >= 0.6 is 0 Å². The molecule has 0 amide bonds. The first kappa shape index (κ1) is 15.7. The fourth-order valence-corrected chi connectivity index (χ4v) is 4.71. The second-order valence-corrected chi connectivity index (χ2v) is 12.1. The SMILES string of the molecule is Cc1ccc(CC[Si](C)(C)CCCOCC2CO2)cc1. The van der Waals surface area contributed by atoms with E-state index in [-0.39, 0.29) is 0 Å². The number of hydrogen-bond donors (Lipinski definition) is 0. The summed E-state index contributed by atoms with van der Waals surface area (Å²) >= 11 is 0. The molecule has 112 valence electrons. The zero-order valence-corrected chi connectivity index (χ0v) is 14.2. The molecule has 1 aliphatic rings. The second kappa shape index (κ2) is 7.39. The average Bonchev–Trinajstić information content (AvgIpc) is 3.22. The van der Waals surface area contributed by atoms with Gasteiger partial charge in [-0.1, -0.05) is 55.0 Å². The molecule has 2 rings (SSSR count). The molecule has 1 aromatic carbocycles. The highest BCUT2D eigenvalue weighted by Crippen LogP contribution is 2.21. The Morgan fingerprint density at radius 2 is 1.90 bits per heavy atom. The molecule has 0 radical (unpaired) electrons. The van der Waals surface area contributed by atoms with E-state index in [2.05, 4.69) is 44.3 Å². The first-order chi connectivity index (χ1) is 9.55. The highest BCUT2D eigenvalue weighted by atomic mass is 28.3. The molecule has 0 aromatic heterocycles. The Morgan fingerprint density at radius 3 is 2.55 bits per heavy atom. The van der Waals surface area contributed by atoms with Crippen LogP contribution in [0.1, 0.15) is 17.5 Å². The summed E-state index contributed by atoms with van der Waals surface area (Å²) in [5.41, 5.74) is 2.83. The van der Waals surface area contributed by atoms with E-state index in [0.717, 1.165) is 19.8 Å². The molecule has 20 heavy (non-hydrogen) atoms. The standard InChI is InChI=1S/C17H28O2Si/c1-15-5-7-16(8-6-15)9-12-20(2,3)11-4-10-18-13-17-14-19-17/h5-8,17H,4,9-14H2,1-3H3. The Hall–Kier alpha value is -0.643. The normalized spacial score (nSPS) is 18.2. The molecule has 1 unspecified atom stereocenters. The zero-order valence-electron chi connectivity index (χ0n) is 13.2. The summed E-state index contributed by atoms with van der Waals surface area (Å²) in [4.78, 5) is 0. The number of epoxide rings is 1. The Bertz CT molecular complexity index is 396. The fraction of sp³-hybridized carbons (Fsp3) is 0.647. The Balaban J connectivity index is 1.60. The summed E-state index contributed by atoms with van der Waals surface area (Å²) in [5, 5.41) is 0. The molecular formula is C17H28O2Si. The molecule has 0 saturated carbocycles. The first-order valence-electron chi connectivity index (χ1n) is 7.80. The lowest BCUT2D eigenvalue weighted by molar-refractivity contribution is 0.117. The van der Waals surface area contributed by atoms with E-state index in [1.165, 1.54) is 36.1 Å². The van der Waals surface area contributed by atoms with Crippen molar-refractivity contribution in [3.8, 4) is 0 Å². The molecule has 1 saturated heterocycles. The lowest BCUT2D eigenvalue weighted by atomic mass is 10.1. The van der Waals surface area contributed by atoms with Gasteiger partial charge in [-0.2, -0.15) is 0 Å². The zero-order chi connectivity index (χ0) is 14.4. The van der Waals surface area contributed by atoms with Crippen LogP contribution in [-0.4, -0.2) is 34.0 Å². The van der Waals surface area contributed by atoms with Crippen molar-refractivity contribution < 1.29 is 9.47 Å². The molecule has 0 N–H and O–H groups in total. The monoisotopic (exact) mass is 292 g/mol. The predicted octanol–water partition coefficient (Wildman–Crippen LogP) is 4.05. The third-order valence-corrected chi connectivity index (χ3v) is 7.37. The molecule has 1 heterocycles. The van der Waals surface area contributed by atoms with Crippen molar-refractivity contribution >= 4 is 8.07 Å². The lowest BCUT2D eigenvalue weighted by Crippen LogP contribution is -2.26. The van der Waals surface area contributed by atoms with Gasteiger partial charge in [0, 0.05) is 14.7 Å². The van der Waals surface area contributed by atoms with Crippen molar-refractivity contribution in [2.24, 2.45) is 0 Å². The maximum atomic E-state index is 5.63. The van der Waals surface area contributed by atoms with Gasteiger partial charge in [0.1, 0.15) is 6.10 Å². The molecule has 0 bridgehead atoms. The van der Waals surface area contributed by atoms with Gasteiger partial charge in [-0.15, -0.1) is 0 Å². The van der Waals surface area contributed by atoms with Crippen LogP contribution in [0.2, 0.25) is 25.2 Å². The molecule has 1 aromatic rings. The molecule has 1 atom stereocenters. The highest BCUT2D eigenvalue weighted by Gasteiger charge is 2.23. The predicted molar refractivity (Wildman–Crippen MR) is 87.2 cm³/mol. The van der Waals surface area contributed by atoms with Crippen molar-refractivity contribution in [2.45, 2.75) is 51.1 Å². The van der Waals surface area contributed by atoms with E-state index in [1.807, 2.05) is 0 Å². The summed E-state index contributed by atoms with van der Waals surface area (Å²) in [6.45, 7) is 9.76. The van der Waals surface area contributed by atoms with Gasteiger partial charge in [0.2, 0.25) is 0 Å². The van der Waals surface area contributed by atoms with E-state index in [0.29, 0.717) is 6.10 Å². The topological polar surface area (TPSA) is 21.8 Å². The average molecular weight is 292 g/mol. The number of hydrogen-bond acceptors (Lipinski definition) is 2. The van der Waals surface area contributed by atoms with Crippen LogP contribution in [0.4, 0.5) is 0 Å². The van der Waals surface area contributed by atoms with Crippen LogP contribution in [0.25, 0.3) is 0 Å². The van der Waals surface area contributed by atoms with Crippen LogP contribution in [0, 0.1) is 6.92 Å². The van der Waals surface area contributed by atoms with Crippen molar-refractivity contribution in [1.82, 2.24) is 0 Å². The van der Waals surface area contributed by atoms with Gasteiger partial charge in [0.15, 0.2) is 0 Å². The first-order valence-corrected chi connectivity index (χ1v) is 11.2. The molecule has 1 aliphatic heterocycles. The summed E-state index contributed by atoms with van der Waals surface area (Å²) in [7, 11) is -1.07. The summed E-state index contributed by atoms with van der Waals surface area (Å²) in [6, 6.07) is 11.7. The Labute approximate surface area is 124 Å². The van der Waals surface area contributed by atoms with Gasteiger partial charge < -0.3 is 9.47 Å². The van der Waals surface area contributed by atoms with Crippen molar-refractivity contribution in [3.05, 3.63) is 35.4 Å². The third kappa shape index (κ3) is 6.20. The molecule has 0 spiro atoms. The van der Waals surface area contributed by atoms with Crippen LogP contribution in [-0.2, 0) is 15.9 Å². The molecule has 1 fully saturated rings. The van der Waals surface area contributed by atoms with Gasteiger partial charge in [0.25, 0.3) is 0 Å². The Kier molecular flexibility index (Phi) is 5.82. The van der Waals surface area contributed by atoms with Gasteiger partial charge >= 0.3 is 0 Å². The van der Waals surface area contributed by atoms with Gasteiger partial charge in [0.05, 0.1) is 13.2 Å². The minimum absolute atomic E-state index is 0.404. The molecular weight excluding hydrogens is 264 g/mol. The van der Waals surface area contributed by atoms with Crippen LogP contribution in [0.5, 0.6) is 0 Å². The minimum atomic E-state index is -1.07. The van der Waals surface area contributed by atoms with Crippen molar-refractivity contribution in [2.75, 3.05) is 19.8 Å². The second-order valence-electron chi connectivity index (χ2n) is 6.78. The van der Waals surface area contributed by atoms with E-state index in [1.54, 1.807) is 0 Å². The largest absolute Gasteiger partial charge is 0.379 e. The van der Waals surface area contributed by atoms with Gasteiger partial charge in [-0.25, -0.2) is 0 Å². The van der Waals surface area contributed by atoms with E-state index in [9.17, 15) is 0 Å².